The van der Waals surface area contributed by atoms with Gasteiger partial charge in [-0.3, -0.25) is 9.59 Å². The Morgan fingerprint density at radius 3 is 1.89 bits per heavy atom. The first-order chi connectivity index (χ1) is 12.9. The number of esters is 1. The van der Waals surface area contributed by atoms with Gasteiger partial charge in [0.05, 0.1) is 32.8 Å². The highest BCUT2D eigenvalue weighted by atomic mass is 16.5. The van der Waals surface area contributed by atoms with Crippen molar-refractivity contribution < 1.29 is 28.5 Å². The van der Waals surface area contributed by atoms with Crippen LogP contribution in [0.25, 0.3) is 0 Å². The van der Waals surface area contributed by atoms with Gasteiger partial charge in [-0.1, -0.05) is 6.92 Å². The molecule has 0 heterocycles. The largest absolute Gasteiger partial charge is 0.490 e. The van der Waals surface area contributed by atoms with E-state index in [9.17, 15) is 9.59 Å². The van der Waals surface area contributed by atoms with Crippen molar-refractivity contribution in [3.05, 3.63) is 17.7 Å². The molecule has 0 aliphatic rings. The van der Waals surface area contributed by atoms with Gasteiger partial charge >= 0.3 is 5.97 Å². The SMILES string of the molecule is CCOc1cc(C(=O)N(CC)CC(C)C(=O)OC)cc(OCC)c1OCC. The molecule has 0 saturated carbocycles. The summed E-state index contributed by atoms with van der Waals surface area (Å²) >= 11 is 0. The van der Waals surface area contributed by atoms with Crippen LogP contribution in [-0.4, -0.2) is 56.8 Å². The van der Waals surface area contributed by atoms with E-state index in [4.69, 9.17) is 18.9 Å². The van der Waals surface area contributed by atoms with Crippen molar-refractivity contribution in [2.75, 3.05) is 40.0 Å². The van der Waals surface area contributed by atoms with Crippen LogP contribution in [-0.2, 0) is 9.53 Å². The van der Waals surface area contributed by atoms with Crippen LogP contribution in [0.3, 0.4) is 0 Å². The van der Waals surface area contributed by atoms with E-state index >= 15 is 0 Å². The van der Waals surface area contributed by atoms with Gasteiger partial charge in [0.25, 0.3) is 5.91 Å². The molecule has 7 heteroatoms. The smallest absolute Gasteiger partial charge is 0.310 e. The Morgan fingerprint density at radius 1 is 0.963 bits per heavy atom. The number of carbonyl (C=O) groups is 2. The van der Waals surface area contributed by atoms with Crippen molar-refractivity contribution in [2.45, 2.75) is 34.6 Å². The van der Waals surface area contributed by atoms with Crippen LogP contribution in [0.5, 0.6) is 17.2 Å². The third-order valence-corrected chi connectivity index (χ3v) is 3.92. The minimum absolute atomic E-state index is 0.210. The maximum atomic E-state index is 13.0. The molecule has 1 rings (SSSR count). The standard InChI is InChI=1S/C20H31NO6/c1-7-21(13-14(5)20(23)24-6)19(22)15-11-16(25-8-2)18(27-10-4)17(12-15)26-9-3/h11-12,14H,7-10,13H2,1-6H3. The second-order valence-electron chi connectivity index (χ2n) is 5.87. The van der Waals surface area contributed by atoms with Crippen LogP contribution in [0, 0.1) is 5.92 Å². The summed E-state index contributed by atoms with van der Waals surface area (Å²) < 4.78 is 21.8. The Balaban J connectivity index is 3.24. The van der Waals surface area contributed by atoms with E-state index in [-0.39, 0.29) is 18.4 Å². The Labute approximate surface area is 161 Å². The number of ether oxygens (including phenoxy) is 4. The molecule has 1 aromatic rings. The van der Waals surface area contributed by atoms with E-state index in [1.165, 1.54) is 7.11 Å². The Bertz CT molecular complexity index is 604. The highest BCUT2D eigenvalue weighted by Crippen LogP contribution is 2.39. The fourth-order valence-corrected chi connectivity index (χ4v) is 2.66. The first-order valence-electron chi connectivity index (χ1n) is 9.36. The summed E-state index contributed by atoms with van der Waals surface area (Å²) in [6.07, 6.45) is 0. The zero-order chi connectivity index (χ0) is 20.4. The van der Waals surface area contributed by atoms with Crippen molar-refractivity contribution in [1.29, 1.82) is 0 Å². The van der Waals surface area contributed by atoms with Crippen LogP contribution < -0.4 is 14.2 Å². The molecule has 1 amide bonds. The monoisotopic (exact) mass is 381 g/mol. The average Bonchev–Trinajstić information content (AvgIpc) is 2.67. The van der Waals surface area contributed by atoms with Crippen LogP contribution in [0.15, 0.2) is 12.1 Å². The first-order valence-corrected chi connectivity index (χ1v) is 9.36. The average molecular weight is 381 g/mol. The fraction of sp³-hybridized carbons (Fsp3) is 0.600. The quantitative estimate of drug-likeness (QED) is 0.548. The second-order valence-corrected chi connectivity index (χ2v) is 5.87. The molecule has 0 aliphatic heterocycles. The highest BCUT2D eigenvalue weighted by molar-refractivity contribution is 5.96. The molecular weight excluding hydrogens is 350 g/mol. The predicted octanol–water partition coefficient (Wildman–Crippen LogP) is 3.15. The molecule has 1 unspecified atom stereocenters. The molecule has 0 aliphatic carbocycles. The van der Waals surface area contributed by atoms with Gasteiger partial charge in [-0.25, -0.2) is 0 Å². The number of hydrogen-bond donors (Lipinski definition) is 0. The third kappa shape index (κ3) is 6.05. The summed E-state index contributed by atoms with van der Waals surface area (Å²) in [5.41, 5.74) is 0.421. The summed E-state index contributed by atoms with van der Waals surface area (Å²) in [4.78, 5) is 26.3. The highest BCUT2D eigenvalue weighted by Gasteiger charge is 2.24. The molecule has 7 nitrogen and oxygen atoms in total. The molecule has 1 aromatic carbocycles. The van der Waals surface area contributed by atoms with Crippen LogP contribution in [0.4, 0.5) is 0 Å². The van der Waals surface area contributed by atoms with Gasteiger partial charge in [-0.2, -0.15) is 0 Å². The van der Waals surface area contributed by atoms with Gasteiger partial charge in [-0.15, -0.1) is 0 Å². The summed E-state index contributed by atoms with van der Waals surface area (Å²) in [7, 11) is 1.34. The molecular formula is C20H31NO6. The molecule has 152 valence electrons. The lowest BCUT2D eigenvalue weighted by molar-refractivity contribution is -0.145. The molecule has 0 spiro atoms. The van der Waals surface area contributed by atoms with Crippen molar-refractivity contribution in [3.63, 3.8) is 0 Å². The van der Waals surface area contributed by atoms with E-state index in [2.05, 4.69) is 0 Å². The normalized spacial score (nSPS) is 11.5. The summed E-state index contributed by atoms with van der Waals surface area (Å²) in [6, 6.07) is 3.32. The van der Waals surface area contributed by atoms with E-state index < -0.39 is 5.92 Å². The number of hydrogen-bond acceptors (Lipinski definition) is 6. The summed E-state index contributed by atoms with van der Waals surface area (Å²) in [5.74, 6) is 0.440. The lowest BCUT2D eigenvalue weighted by atomic mass is 10.1. The maximum absolute atomic E-state index is 13.0. The van der Waals surface area contributed by atoms with Gasteiger partial charge in [0.15, 0.2) is 11.5 Å². The number of rotatable bonds is 11. The van der Waals surface area contributed by atoms with Crippen molar-refractivity contribution in [1.82, 2.24) is 4.90 Å². The lowest BCUT2D eigenvalue weighted by Gasteiger charge is -2.24. The third-order valence-electron chi connectivity index (χ3n) is 3.92. The number of amides is 1. The van der Waals surface area contributed by atoms with Gasteiger partial charge < -0.3 is 23.8 Å². The molecule has 1 atom stereocenters. The van der Waals surface area contributed by atoms with E-state index in [0.717, 1.165) is 0 Å². The van der Waals surface area contributed by atoms with E-state index in [1.54, 1.807) is 24.0 Å². The second kappa shape index (κ2) is 11.3. The van der Waals surface area contributed by atoms with Crippen molar-refractivity contribution >= 4 is 11.9 Å². The van der Waals surface area contributed by atoms with Gasteiger partial charge in [0.1, 0.15) is 0 Å². The van der Waals surface area contributed by atoms with Gasteiger partial charge in [0, 0.05) is 18.7 Å². The lowest BCUT2D eigenvalue weighted by Crippen LogP contribution is -2.37. The van der Waals surface area contributed by atoms with E-state index in [1.807, 2.05) is 27.7 Å². The van der Waals surface area contributed by atoms with Crippen LogP contribution in [0.1, 0.15) is 45.0 Å². The van der Waals surface area contributed by atoms with Crippen LogP contribution >= 0.6 is 0 Å². The summed E-state index contributed by atoms with van der Waals surface area (Å²) in [5, 5.41) is 0. The Kier molecular flexibility index (Phi) is 9.47. The molecule has 0 radical (unpaired) electrons. The van der Waals surface area contributed by atoms with Gasteiger partial charge in [-0.05, 0) is 39.8 Å². The molecule has 0 bridgehead atoms. The number of nitrogens with zero attached hydrogens (tertiary/aromatic N) is 1. The molecule has 0 saturated heterocycles. The molecule has 27 heavy (non-hydrogen) atoms. The Morgan fingerprint density at radius 2 is 1.48 bits per heavy atom. The minimum atomic E-state index is -0.417. The minimum Gasteiger partial charge on any atom is -0.490 e. The van der Waals surface area contributed by atoms with Gasteiger partial charge in [0.2, 0.25) is 5.75 Å². The van der Waals surface area contributed by atoms with Crippen LogP contribution in [0.2, 0.25) is 0 Å². The number of benzene rings is 1. The maximum Gasteiger partial charge on any atom is 0.310 e. The molecule has 0 aromatic heterocycles. The fourth-order valence-electron chi connectivity index (χ4n) is 2.66. The number of methoxy groups -OCH3 is 1. The number of carbonyl (C=O) groups excluding carboxylic acids is 2. The van der Waals surface area contributed by atoms with E-state index in [0.29, 0.717) is 49.2 Å². The topological polar surface area (TPSA) is 74.3 Å². The Hall–Kier alpha value is -2.44. The zero-order valence-electron chi connectivity index (χ0n) is 17.2. The van der Waals surface area contributed by atoms with Crippen molar-refractivity contribution in [3.8, 4) is 17.2 Å². The zero-order valence-corrected chi connectivity index (χ0v) is 17.2. The van der Waals surface area contributed by atoms with Crippen molar-refractivity contribution in [2.24, 2.45) is 5.92 Å². The first kappa shape index (κ1) is 22.6. The molecule has 0 N–H and O–H groups in total. The predicted molar refractivity (Wildman–Crippen MR) is 103 cm³/mol. The summed E-state index contributed by atoms with van der Waals surface area (Å²) in [6.45, 7) is 11.2. The molecule has 0 fully saturated rings.